The molecule has 2 N–H and O–H groups in total. The Labute approximate surface area is 164 Å². The van der Waals surface area contributed by atoms with Crippen molar-refractivity contribution in [1.82, 2.24) is 24.4 Å². The molecule has 1 aliphatic rings. The molecule has 0 bridgehead atoms. The van der Waals surface area contributed by atoms with E-state index in [1.54, 1.807) is 7.11 Å². The van der Waals surface area contributed by atoms with Crippen LogP contribution in [0.25, 0.3) is 11.2 Å². The summed E-state index contributed by atoms with van der Waals surface area (Å²) in [5.74, 6) is 2.08. The minimum absolute atomic E-state index is 0.453. The predicted octanol–water partition coefficient (Wildman–Crippen LogP) is 1.94. The molecule has 28 heavy (non-hydrogen) atoms. The monoisotopic (exact) mass is 381 g/mol. The Morgan fingerprint density at radius 1 is 1.07 bits per heavy atom. The number of anilines is 2. The van der Waals surface area contributed by atoms with Gasteiger partial charge in [0.15, 0.2) is 11.5 Å². The van der Waals surface area contributed by atoms with Crippen LogP contribution in [0.3, 0.4) is 0 Å². The van der Waals surface area contributed by atoms with Gasteiger partial charge in [-0.1, -0.05) is 12.1 Å². The summed E-state index contributed by atoms with van der Waals surface area (Å²) in [6.07, 6.45) is 2.86. The molecular weight excluding hydrogens is 354 g/mol. The minimum atomic E-state index is 0.453. The molecule has 0 amide bonds. The average molecular weight is 381 g/mol. The molecule has 3 heterocycles. The summed E-state index contributed by atoms with van der Waals surface area (Å²) < 4.78 is 7.58. The number of hydrogen-bond acceptors (Lipinski definition) is 7. The summed E-state index contributed by atoms with van der Waals surface area (Å²) in [6.45, 7) is 7.91. The number of fused-ring (bicyclic) bond motifs is 1. The molecule has 3 aromatic rings. The Morgan fingerprint density at radius 2 is 1.86 bits per heavy atom. The van der Waals surface area contributed by atoms with Crippen molar-refractivity contribution in [2.75, 3.05) is 50.5 Å². The zero-order valence-electron chi connectivity index (χ0n) is 16.5. The zero-order chi connectivity index (χ0) is 19.5. The van der Waals surface area contributed by atoms with Crippen LogP contribution in [-0.2, 0) is 6.54 Å². The number of aromatic nitrogens is 4. The summed E-state index contributed by atoms with van der Waals surface area (Å²) >= 11 is 0. The van der Waals surface area contributed by atoms with E-state index in [9.17, 15) is 0 Å². The Hall–Kier alpha value is -2.87. The lowest BCUT2D eigenvalue weighted by molar-refractivity contribution is 0.250. The van der Waals surface area contributed by atoms with Crippen LogP contribution in [0.4, 0.5) is 11.5 Å². The standard InChI is InChI=1S/C20H27N7O/c1-15-23-19(21)18-20(24-15)27(14-22-18)9-5-8-25-10-12-26(13-11-25)16-6-3-4-7-17(16)28-2/h3-4,6-7,14H,5,8-13H2,1-2H3,(H2,21,23,24). The van der Waals surface area contributed by atoms with Gasteiger partial charge in [0.2, 0.25) is 0 Å². The van der Waals surface area contributed by atoms with Gasteiger partial charge in [-0.2, -0.15) is 0 Å². The highest BCUT2D eigenvalue weighted by atomic mass is 16.5. The van der Waals surface area contributed by atoms with Crippen LogP contribution < -0.4 is 15.4 Å². The first-order valence-corrected chi connectivity index (χ1v) is 9.71. The number of aryl methyl sites for hydroxylation is 2. The Morgan fingerprint density at radius 3 is 2.64 bits per heavy atom. The van der Waals surface area contributed by atoms with Crippen molar-refractivity contribution in [3.8, 4) is 5.75 Å². The number of hydrogen-bond donors (Lipinski definition) is 1. The van der Waals surface area contributed by atoms with Crippen molar-refractivity contribution >= 4 is 22.7 Å². The molecule has 2 aromatic heterocycles. The Kier molecular flexibility index (Phi) is 5.29. The van der Waals surface area contributed by atoms with E-state index in [1.807, 2.05) is 25.4 Å². The summed E-state index contributed by atoms with van der Waals surface area (Å²) in [5, 5.41) is 0. The van der Waals surface area contributed by atoms with Crippen molar-refractivity contribution in [3.05, 3.63) is 36.4 Å². The van der Waals surface area contributed by atoms with Gasteiger partial charge >= 0.3 is 0 Å². The minimum Gasteiger partial charge on any atom is -0.495 e. The van der Waals surface area contributed by atoms with Gasteiger partial charge < -0.3 is 19.9 Å². The first-order valence-electron chi connectivity index (χ1n) is 9.71. The van der Waals surface area contributed by atoms with Crippen molar-refractivity contribution < 1.29 is 4.74 Å². The number of imidazole rings is 1. The second-order valence-electron chi connectivity index (χ2n) is 7.12. The summed E-state index contributed by atoms with van der Waals surface area (Å²) in [5.41, 5.74) is 8.65. The second-order valence-corrected chi connectivity index (χ2v) is 7.12. The van der Waals surface area contributed by atoms with Gasteiger partial charge in [0.1, 0.15) is 17.1 Å². The molecule has 148 valence electrons. The highest BCUT2D eigenvalue weighted by Crippen LogP contribution is 2.28. The fourth-order valence-corrected chi connectivity index (χ4v) is 3.81. The van der Waals surface area contributed by atoms with Crippen LogP contribution >= 0.6 is 0 Å². The number of nitrogen functional groups attached to an aromatic ring is 1. The maximum absolute atomic E-state index is 5.95. The second kappa shape index (κ2) is 8.02. The molecule has 0 radical (unpaired) electrons. The third kappa shape index (κ3) is 3.73. The molecule has 0 aliphatic carbocycles. The van der Waals surface area contributed by atoms with Gasteiger partial charge in [0.05, 0.1) is 19.1 Å². The van der Waals surface area contributed by atoms with E-state index in [-0.39, 0.29) is 0 Å². The van der Waals surface area contributed by atoms with Crippen LogP contribution in [0.15, 0.2) is 30.6 Å². The maximum Gasteiger partial charge on any atom is 0.165 e. The molecule has 0 spiro atoms. The zero-order valence-corrected chi connectivity index (χ0v) is 16.5. The van der Waals surface area contributed by atoms with Gasteiger partial charge in [0.25, 0.3) is 0 Å². The molecule has 1 aromatic carbocycles. The SMILES string of the molecule is COc1ccccc1N1CCN(CCCn2cnc3c(N)nc(C)nc32)CC1. The van der Waals surface area contributed by atoms with Crippen molar-refractivity contribution in [3.63, 3.8) is 0 Å². The maximum atomic E-state index is 5.95. The molecule has 8 nitrogen and oxygen atoms in total. The molecule has 4 rings (SSSR count). The van der Waals surface area contributed by atoms with Crippen LogP contribution in [0, 0.1) is 6.92 Å². The topological polar surface area (TPSA) is 85.3 Å². The first-order chi connectivity index (χ1) is 13.7. The third-order valence-corrected chi connectivity index (χ3v) is 5.27. The van der Waals surface area contributed by atoms with Crippen molar-refractivity contribution in [2.24, 2.45) is 0 Å². The molecule has 1 aliphatic heterocycles. The van der Waals surface area contributed by atoms with E-state index in [1.165, 1.54) is 5.69 Å². The number of methoxy groups -OCH3 is 1. The molecular formula is C20H27N7O. The van der Waals surface area contributed by atoms with E-state index >= 15 is 0 Å². The average Bonchev–Trinajstić information content (AvgIpc) is 3.12. The Bertz CT molecular complexity index is 947. The third-order valence-electron chi connectivity index (χ3n) is 5.27. The number of rotatable bonds is 6. The molecule has 1 fully saturated rings. The normalized spacial score (nSPS) is 15.3. The number of ether oxygens (including phenoxy) is 1. The molecule has 0 atom stereocenters. The molecule has 0 unspecified atom stereocenters. The smallest absolute Gasteiger partial charge is 0.165 e. The highest BCUT2D eigenvalue weighted by molar-refractivity contribution is 5.81. The fourth-order valence-electron chi connectivity index (χ4n) is 3.81. The van der Waals surface area contributed by atoms with Crippen molar-refractivity contribution in [1.29, 1.82) is 0 Å². The molecule has 0 saturated carbocycles. The van der Waals surface area contributed by atoms with E-state index in [2.05, 4.69) is 41.5 Å². The fraction of sp³-hybridized carbons (Fsp3) is 0.450. The van der Waals surface area contributed by atoms with Gasteiger partial charge in [-0.25, -0.2) is 15.0 Å². The van der Waals surface area contributed by atoms with E-state index in [4.69, 9.17) is 10.5 Å². The lowest BCUT2D eigenvalue weighted by Crippen LogP contribution is -2.46. The summed E-state index contributed by atoms with van der Waals surface area (Å²) in [7, 11) is 1.73. The van der Waals surface area contributed by atoms with Gasteiger partial charge in [-0.3, -0.25) is 4.90 Å². The van der Waals surface area contributed by atoms with E-state index in [0.717, 1.165) is 57.1 Å². The van der Waals surface area contributed by atoms with E-state index < -0.39 is 0 Å². The van der Waals surface area contributed by atoms with Crippen LogP contribution in [0.5, 0.6) is 5.75 Å². The quantitative estimate of drug-likeness (QED) is 0.698. The van der Waals surface area contributed by atoms with Crippen molar-refractivity contribution in [2.45, 2.75) is 19.9 Å². The van der Waals surface area contributed by atoms with Crippen LogP contribution in [0.1, 0.15) is 12.2 Å². The van der Waals surface area contributed by atoms with Gasteiger partial charge in [-0.05, 0) is 32.0 Å². The lowest BCUT2D eigenvalue weighted by atomic mass is 10.2. The number of piperazine rings is 1. The van der Waals surface area contributed by atoms with E-state index in [0.29, 0.717) is 17.2 Å². The van der Waals surface area contributed by atoms with Crippen LogP contribution in [0.2, 0.25) is 0 Å². The highest BCUT2D eigenvalue weighted by Gasteiger charge is 2.19. The number of nitrogens with zero attached hydrogens (tertiary/aromatic N) is 6. The first kappa shape index (κ1) is 18.5. The molecule has 8 heteroatoms. The largest absolute Gasteiger partial charge is 0.495 e. The van der Waals surface area contributed by atoms with Gasteiger partial charge in [-0.15, -0.1) is 0 Å². The summed E-state index contributed by atoms with van der Waals surface area (Å²) in [6, 6.07) is 8.24. The van der Waals surface area contributed by atoms with Gasteiger partial charge in [0, 0.05) is 32.7 Å². The predicted molar refractivity (Wildman–Crippen MR) is 111 cm³/mol. The number of nitrogens with two attached hydrogens (primary N) is 1. The number of benzene rings is 1. The lowest BCUT2D eigenvalue weighted by Gasteiger charge is -2.36. The van der Waals surface area contributed by atoms with Crippen LogP contribution in [-0.4, -0.2) is 64.3 Å². The summed E-state index contributed by atoms with van der Waals surface area (Å²) in [4.78, 5) is 18.0. The number of para-hydroxylation sites is 2. The molecule has 1 saturated heterocycles. The Balaban J connectivity index is 1.30.